The molecule has 0 saturated carbocycles. The Morgan fingerprint density at radius 3 is 2.78 bits per heavy atom. The summed E-state index contributed by atoms with van der Waals surface area (Å²) in [5.41, 5.74) is 3.47. The SMILES string of the molecule is CCOc1ccc(Cc2cn3cc(C#N)ccc3n2)cc1OC. The average Bonchev–Trinajstić information content (AvgIpc) is 2.97. The van der Waals surface area contributed by atoms with Gasteiger partial charge in [0.2, 0.25) is 0 Å². The third kappa shape index (κ3) is 3.11. The van der Waals surface area contributed by atoms with Gasteiger partial charge in [-0.15, -0.1) is 0 Å². The Labute approximate surface area is 134 Å². The standard InChI is InChI=1S/C18H17N3O2/c1-3-23-16-6-4-13(9-17(16)22-2)8-15-12-21-11-14(10-19)5-7-18(21)20-15/h4-7,9,11-12H,3,8H2,1-2H3. The van der Waals surface area contributed by atoms with Crippen LogP contribution in [0, 0.1) is 11.3 Å². The Balaban J connectivity index is 1.88. The maximum absolute atomic E-state index is 8.96. The number of hydrogen-bond donors (Lipinski definition) is 0. The summed E-state index contributed by atoms with van der Waals surface area (Å²) in [6, 6.07) is 11.6. The van der Waals surface area contributed by atoms with Crippen molar-refractivity contribution in [3.8, 4) is 17.6 Å². The molecule has 0 bridgehead atoms. The van der Waals surface area contributed by atoms with Crippen LogP contribution in [0.5, 0.6) is 11.5 Å². The van der Waals surface area contributed by atoms with E-state index in [1.807, 2.05) is 41.8 Å². The van der Waals surface area contributed by atoms with Crippen molar-refractivity contribution in [3.63, 3.8) is 0 Å². The minimum Gasteiger partial charge on any atom is -0.493 e. The van der Waals surface area contributed by atoms with Gasteiger partial charge in [-0.05, 0) is 36.8 Å². The maximum atomic E-state index is 8.96. The predicted octanol–water partition coefficient (Wildman–Crippen LogP) is 3.20. The number of benzene rings is 1. The predicted molar refractivity (Wildman–Crippen MR) is 86.9 cm³/mol. The Hall–Kier alpha value is -3.00. The molecule has 0 saturated heterocycles. The average molecular weight is 307 g/mol. The first kappa shape index (κ1) is 14.9. The van der Waals surface area contributed by atoms with Crippen molar-refractivity contribution in [2.75, 3.05) is 13.7 Å². The lowest BCUT2D eigenvalue weighted by Crippen LogP contribution is -1.97. The van der Waals surface area contributed by atoms with E-state index in [0.717, 1.165) is 28.4 Å². The molecule has 116 valence electrons. The van der Waals surface area contributed by atoms with Crippen molar-refractivity contribution < 1.29 is 9.47 Å². The van der Waals surface area contributed by atoms with Gasteiger partial charge in [-0.25, -0.2) is 4.98 Å². The van der Waals surface area contributed by atoms with Crippen LogP contribution in [-0.2, 0) is 6.42 Å². The fourth-order valence-electron chi connectivity index (χ4n) is 2.50. The van der Waals surface area contributed by atoms with Crippen LogP contribution in [0.15, 0.2) is 42.7 Å². The number of pyridine rings is 1. The van der Waals surface area contributed by atoms with Gasteiger partial charge in [0.15, 0.2) is 11.5 Å². The Morgan fingerprint density at radius 2 is 2.04 bits per heavy atom. The van der Waals surface area contributed by atoms with Crippen LogP contribution in [0.2, 0.25) is 0 Å². The van der Waals surface area contributed by atoms with Crippen molar-refractivity contribution >= 4 is 5.65 Å². The summed E-state index contributed by atoms with van der Waals surface area (Å²) in [5, 5.41) is 8.96. The van der Waals surface area contributed by atoms with Crippen LogP contribution in [0.3, 0.4) is 0 Å². The smallest absolute Gasteiger partial charge is 0.161 e. The normalized spacial score (nSPS) is 10.5. The molecule has 3 rings (SSSR count). The fourth-order valence-corrected chi connectivity index (χ4v) is 2.50. The van der Waals surface area contributed by atoms with Crippen molar-refractivity contribution in [3.05, 3.63) is 59.5 Å². The summed E-state index contributed by atoms with van der Waals surface area (Å²) in [6.07, 6.45) is 4.41. The fraction of sp³-hybridized carbons (Fsp3) is 0.222. The molecule has 0 aliphatic heterocycles. The first-order chi connectivity index (χ1) is 11.2. The van der Waals surface area contributed by atoms with Crippen LogP contribution in [0.1, 0.15) is 23.7 Å². The molecule has 2 heterocycles. The number of aromatic nitrogens is 2. The minimum atomic E-state index is 0.601. The van der Waals surface area contributed by atoms with Gasteiger partial charge in [0.25, 0.3) is 0 Å². The van der Waals surface area contributed by atoms with Crippen molar-refractivity contribution in [2.45, 2.75) is 13.3 Å². The zero-order valence-electron chi connectivity index (χ0n) is 13.1. The highest BCUT2D eigenvalue weighted by atomic mass is 16.5. The quantitative estimate of drug-likeness (QED) is 0.726. The van der Waals surface area contributed by atoms with Gasteiger partial charge in [0.05, 0.1) is 25.0 Å². The van der Waals surface area contributed by atoms with Crippen LogP contribution in [0.4, 0.5) is 0 Å². The molecule has 0 aliphatic rings. The minimum absolute atomic E-state index is 0.601. The van der Waals surface area contributed by atoms with E-state index in [-0.39, 0.29) is 0 Å². The lowest BCUT2D eigenvalue weighted by Gasteiger charge is -2.10. The van der Waals surface area contributed by atoms with Gasteiger partial charge >= 0.3 is 0 Å². The molecule has 5 heteroatoms. The summed E-state index contributed by atoms with van der Waals surface area (Å²) in [5.74, 6) is 1.47. The molecule has 2 aromatic heterocycles. The molecule has 0 fully saturated rings. The molecule has 0 spiro atoms. The molecule has 0 aliphatic carbocycles. The molecule has 0 atom stereocenters. The van der Waals surface area contributed by atoms with Gasteiger partial charge in [0, 0.05) is 18.8 Å². The van der Waals surface area contributed by atoms with Crippen molar-refractivity contribution in [2.24, 2.45) is 0 Å². The van der Waals surface area contributed by atoms with E-state index in [4.69, 9.17) is 14.7 Å². The summed E-state index contributed by atoms with van der Waals surface area (Å²) in [7, 11) is 1.63. The number of ether oxygens (including phenoxy) is 2. The molecule has 0 N–H and O–H groups in total. The number of methoxy groups -OCH3 is 1. The number of nitriles is 1. The number of imidazole rings is 1. The molecule has 3 aromatic rings. The number of fused-ring (bicyclic) bond motifs is 1. The summed E-state index contributed by atoms with van der Waals surface area (Å²) >= 11 is 0. The topological polar surface area (TPSA) is 59.5 Å². The summed E-state index contributed by atoms with van der Waals surface area (Å²) in [4.78, 5) is 4.58. The third-order valence-electron chi connectivity index (χ3n) is 3.54. The molecule has 5 nitrogen and oxygen atoms in total. The maximum Gasteiger partial charge on any atom is 0.161 e. The Bertz CT molecular complexity index is 878. The van der Waals surface area contributed by atoms with Crippen LogP contribution < -0.4 is 9.47 Å². The highest BCUT2D eigenvalue weighted by Gasteiger charge is 2.08. The van der Waals surface area contributed by atoms with Crippen LogP contribution in [-0.4, -0.2) is 23.1 Å². The molecule has 1 aromatic carbocycles. The zero-order valence-corrected chi connectivity index (χ0v) is 13.1. The van der Waals surface area contributed by atoms with E-state index in [9.17, 15) is 0 Å². The number of rotatable bonds is 5. The largest absolute Gasteiger partial charge is 0.493 e. The number of nitrogens with zero attached hydrogens (tertiary/aromatic N) is 3. The molecule has 0 unspecified atom stereocenters. The zero-order chi connectivity index (χ0) is 16.2. The van der Waals surface area contributed by atoms with Gasteiger partial charge in [-0.2, -0.15) is 5.26 Å². The Kier molecular flexibility index (Phi) is 4.15. The number of hydrogen-bond acceptors (Lipinski definition) is 4. The second-order valence-corrected chi connectivity index (χ2v) is 5.12. The van der Waals surface area contributed by atoms with Gasteiger partial charge in [-0.1, -0.05) is 6.07 Å². The molecule has 0 radical (unpaired) electrons. The van der Waals surface area contributed by atoms with E-state index in [0.29, 0.717) is 18.6 Å². The van der Waals surface area contributed by atoms with E-state index in [1.54, 1.807) is 19.4 Å². The molecular weight excluding hydrogens is 290 g/mol. The molecule has 23 heavy (non-hydrogen) atoms. The Morgan fingerprint density at radius 1 is 1.17 bits per heavy atom. The van der Waals surface area contributed by atoms with Gasteiger partial charge < -0.3 is 13.9 Å². The first-order valence-electron chi connectivity index (χ1n) is 7.41. The second kappa shape index (κ2) is 6.41. The van der Waals surface area contributed by atoms with E-state index < -0.39 is 0 Å². The van der Waals surface area contributed by atoms with Crippen LogP contribution >= 0.6 is 0 Å². The monoisotopic (exact) mass is 307 g/mol. The lowest BCUT2D eigenvalue weighted by atomic mass is 10.1. The molecular formula is C18H17N3O2. The highest BCUT2D eigenvalue weighted by Crippen LogP contribution is 2.28. The van der Waals surface area contributed by atoms with E-state index in [1.165, 1.54) is 0 Å². The van der Waals surface area contributed by atoms with Gasteiger partial charge in [-0.3, -0.25) is 0 Å². The molecule has 0 amide bonds. The lowest BCUT2D eigenvalue weighted by molar-refractivity contribution is 0.310. The highest BCUT2D eigenvalue weighted by molar-refractivity contribution is 5.46. The summed E-state index contributed by atoms with van der Waals surface area (Å²) in [6.45, 7) is 2.54. The van der Waals surface area contributed by atoms with E-state index in [2.05, 4.69) is 11.1 Å². The van der Waals surface area contributed by atoms with Crippen LogP contribution in [0.25, 0.3) is 5.65 Å². The van der Waals surface area contributed by atoms with Crippen molar-refractivity contribution in [1.82, 2.24) is 9.38 Å². The van der Waals surface area contributed by atoms with Crippen molar-refractivity contribution in [1.29, 1.82) is 5.26 Å². The van der Waals surface area contributed by atoms with Gasteiger partial charge in [0.1, 0.15) is 11.7 Å². The summed E-state index contributed by atoms with van der Waals surface area (Å²) < 4.78 is 12.8. The second-order valence-electron chi connectivity index (χ2n) is 5.12. The van der Waals surface area contributed by atoms with E-state index >= 15 is 0 Å². The third-order valence-corrected chi connectivity index (χ3v) is 3.54. The first-order valence-corrected chi connectivity index (χ1v) is 7.41.